The molecule has 1 aliphatic rings. The van der Waals surface area contributed by atoms with Gasteiger partial charge in [-0.3, -0.25) is 9.20 Å². The molecule has 25 heavy (non-hydrogen) atoms. The molecule has 1 aliphatic heterocycles. The Labute approximate surface area is 146 Å². The van der Waals surface area contributed by atoms with Crippen molar-refractivity contribution in [3.05, 3.63) is 60.0 Å². The number of amides is 1. The van der Waals surface area contributed by atoms with Gasteiger partial charge in [0, 0.05) is 25.0 Å². The van der Waals surface area contributed by atoms with Gasteiger partial charge in [-0.15, -0.1) is 10.2 Å². The molecule has 0 bridgehead atoms. The second kappa shape index (κ2) is 6.55. The Morgan fingerprint density at radius 1 is 1.20 bits per heavy atom. The van der Waals surface area contributed by atoms with Gasteiger partial charge >= 0.3 is 0 Å². The van der Waals surface area contributed by atoms with Crippen LogP contribution in [0, 0.1) is 0 Å². The van der Waals surface area contributed by atoms with Gasteiger partial charge in [-0.05, 0) is 49.6 Å². The highest BCUT2D eigenvalue weighted by atomic mass is 16.1. The van der Waals surface area contributed by atoms with Crippen LogP contribution >= 0.6 is 0 Å². The van der Waals surface area contributed by atoms with Gasteiger partial charge in [0.25, 0.3) is 5.91 Å². The molecule has 6 nitrogen and oxygen atoms in total. The fourth-order valence-corrected chi connectivity index (χ4v) is 3.29. The summed E-state index contributed by atoms with van der Waals surface area (Å²) in [6.07, 6.45) is 5.84. The number of rotatable bonds is 4. The van der Waals surface area contributed by atoms with Crippen LogP contribution in [0.25, 0.3) is 5.65 Å². The van der Waals surface area contributed by atoms with Crippen LogP contribution in [0.1, 0.15) is 41.7 Å². The number of fused-ring (bicyclic) bond motifs is 1. The lowest BCUT2D eigenvalue weighted by molar-refractivity contribution is 0.0939. The first-order valence-electron chi connectivity index (χ1n) is 8.66. The molecule has 1 unspecified atom stereocenters. The van der Waals surface area contributed by atoms with E-state index in [-0.39, 0.29) is 11.9 Å². The zero-order valence-electron chi connectivity index (χ0n) is 14.2. The molecule has 1 atom stereocenters. The van der Waals surface area contributed by atoms with Crippen molar-refractivity contribution in [1.29, 1.82) is 0 Å². The fraction of sp³-hybridized carbons (Fsp3) is 0.316. The molecule has 0 spiro atoms. The SMILES string of the molecule is CC(NC(=O)c1ccc2nncn2c1)c1cccc(N2CCCC2)c1. The molecule has 3 aromatic rings. The van der Waals surface area contributed by atoms with Crippen LogP contribution in [0.2, 0.25) is 0 Å². The Morgan fingerprint density at radius 2 is 2.04 bits per heavy atom. The highest BCUT2D eigenvalue weighted by molar-refractivity contribution is 5.94. The third-order valence-electron chi connectivity index (χ3n) is 4.74. The highest BCUT2D eigenvalue weighted by Crippen LogP contribution is 2.24. The molecule has 4 rings (SSSR count). The lowest BCUT2D eigenvalue weighted by atomic mass is 10.1. The Bertz CT molecular complexity index is 897. The van der Waals surface area contributed by atoms with Crippen molar-refractivity contribution in [2.45, 2.75) is 25.8 Å². The van der Waals surface area contributed by atoms with E-state index in [1.54, 1.807) is 29.1 Å². The van der Waals surface area contributed by atoms with E-state index in [2.05, 4.69) is 44.7 Å². The van der Waals surface area contributed by atoms with Crippen LogP contribution in [0.5, 0.6) is 0 Å². The summed E-state index contributed by atoms with van der Waals surface area (Å²) in [6, 6.07) is 11.9. The average molecular weight is 335 g/mol. The predicted octanol–water partition coefficient (Wildman–Crippen LogP) is 2.82. The minimum absolute atomic E-state index is 0.0633. The number of benzene rings is 1. The zero-order valence-corrected chi connectivity index (χ0v) is 14.2. The second-order valence-corrected chi connectivity index (χ2v) is 6.50. The summed E-state index contributed by atoms with van der Waals surface area (Å²) in [5, 5.41) is 10.9. The molecule has 1 amide bonds. The summed E-state index contributed by atoms with van der Waals surface area (Å²) in [5.41, 5.74) is 3.67. The topological polar surface area (TPSA) is 62.5 Å². The first-order valence-corrected chi connectivity index (χ1v) is 8.66. The molecular weight excluding hydrogens is 314 g/mol. The van der Waals surface area contributed by atoms with Crippen LogP contribution in [0.15, 0.2) is 48.9 Å². The van der Waals surface area contributed by atoms with E-state index < -0.39 is 0 Å². The summed E-state index contributed by atoms with van der Waals surface area (Å²) in [4.78, 5) is 15.0. The minimum atomic E-state index is -0.102. The first kappa shape index (κ1) is 15.6. The van der Waals surface area contributed by atoms with Gasteiger partial charge in [0.05, 0.1) is 11.6 Å². The number of nitrogens with zero attached hydrogens (tertiary/aromatic N) is 4. The lowest BCUT2D eigenvalue weighted by Gasteiger charge is -2.20. The van der Waals surface area contributed by atoms with E-state index in [4.69, 9.17) is 0 Å². The van der Waals surface area contributed by atoms with Crippen LogP contribution in [-0.4, -0.2) is 33.6 Å². The standard InChI is InChI=1S/C19H21N5O/c1-14(15-5-4-6-17(11-15)23-9-2-3-10-23)21-19(25)16-7-8-18-22-20-13-24(18)12-16/h4-8,11-14H,2-3,9-10H2,1H3,(H,21,25). The maximum Gasteiger partial charge on any atom is 0.253 e. The summed E-state index contributed by atoms with van der Waals surface area (Å²) in [6.45, 7) is 4.24. The summed E-state index contributed by atoms with van der Waals surface area (Å²) < 4.78 is 1.74. The molecule has 1 aromatic carbocycles. The Hall–Kier alpha value is -2.89. The largest absolute Gasteiger partial charge is 0.372 e. The Kier molecular flexibility index (Phi) is 4.09. The zero-order chi connectivity index (χ0) is 17.2. The molecule has 1 saturated heterocycles. The third-order valence-corrected chi connectivity index (χ3v) is 4.74. The molecule has 0 saturated carbocycles. The maximum absolute atomic E-state index is 12.6. The normalized spacial score (nSPS) is 15.5. The molecule has 6 heteroatoms. The van der Waals surface area contributed by atoms with Crippen molar-refractivity contribution >= 4 is 17.2 Å². The number of anilines is 1. The van der Waals surface area contributed by atoms with Crippen molar-refractivity contribution in [3.63, 3.8) is 0 Å². The number of hydrogen-bond acceptors (Lipinski definition) is 4. The van der Waals surface area contributed by atoms with Crippen LogP contribution in [0.3, 0.4) is 0 Å². The van der Waals surface area contributed by atoms with E-state index in [1.165, 1.54) is 18.5 Å². The quantitative estimate of drug-likeness (QED) is 0.796. The van der Waals surface area contributed by atoms with Crippen molar-refractivity contribution in [2.75, 3.05) is 18.0 Å². The van der Waals surface area contributed by atoms with Gasteiger partial charge in [0.2, 0.25) is 0 Å². The summed E-state index contributed by atoms with van der Waals surface area (Å²) in [7, 11) is 0. The molecule has 0 radical (unpaired) electrons. The van der Waals surface area contributed by atoms with Crippen molar-refractivity contribution in [2.24, 2.45) is 0 Å². The number of nitrogens with one attached hydrogen (secondary N) is 1. The number of pyridine rings is 1. The van der Waals surface area contributed by atoms with E-state index in [1.807, 2.05) is 6.92 Å². The van der Waals surface area contributed by atoms with Crippen LogP contribution in [-0.2, 0) is 0 Å². The molecule has 1 fully saturated rings. The minimum Gasteiger partial charge on any atom is -0.372 e. The van der Waals surface area contributed by atoms with Crippen molar-refractivity contribution in [3.8, 4) is 0 Å². The number of hydrogen-bond donors (Lipinski definition) is 1. The maximum atomic E-state index is 12.6. The van der Waals surface area contributed by atoms with Crippen molar-refractivity contribution in [1.82, 2.24) is 19.9 Å². The number of carbonyl (C=O) groups is 1. The average Bonchev–Trinajstić information content (AvgIpc) is 3.32. The molecule has 0 aliphatic carbocycles. The first-order chi connectivity index (χ1) is 12.2. The third kappa shape index (κ3) is 3.20. The lowest BCUT2D eigenvalue weighted by Crippen LogP contribution is -2.27. The summed E-state index contributed by atoms with van der Waals surface area (Å²) in [5.74, 6) is -0.102. The van der Waals surface area contributed by atoms with E-state index in [0.717, 1.165) is 24.3 Å². The van der Waals surface area contributed by atoms with Gasteiger partial charge in [0.15, 0.2) is 5.65 Å². The monoisotopic (exact) mass is 335 g/mol. The van der Waals surface area contributed by atoms with Gasteiger partial charge in [-0.2, -0.15) is 0 Å². The van der Waals surface area contributed by atoms with E-state index in [0.29, 0.717) is 5.56 Å². The van der Waals surface area contributed by atoms with E-state index >= 15 is 0 Å². The van der Waals surface area contributed by atoms with E-state index in [9.17, 15) is 4.79 Å². The molecule has 2 aromatic heterocycles. The smallest absolute Gasteiger partial charge is 0.253 e. The molecular formula is C19H21N5O. The number of carbonyl (C=O) groups excluding carboxylic acids is 1. The summed E-state index contributed by atoms with van der Waals surface area (Å²) >= 11 is 0. The second-order valence-electron chi connectivity index (χ2n) is 6.50. The van der Waals surface area contributed by atoms with Crippen LogP contribution < -0.4 is 10.2 Å². The van der Waals surface area contributed by atoms with Crippen molar-refractivity contribution < 1.29 is 4.79 Å². The molecule has 3 heterocycles. The van der Waals surface area contributed by atoms with Gasteiger partial charge in [-0.25, -0.2) is 0 Å². The highest BCUT2D eigenvalue weighted by Gasteiger charge is 2.16. The molecule has 1 N–H and O–H groups in total. The van der Waals surface area contributed by atoms with Crippen LogP contribution in [0.4, 0.5) is 5.69 Å². The fourth-order valence-electron chi connectivity index (χ4n) is 3.29. The Morgan fingerprint density at radius 3 is 2.88 bits per heavy atom. The van der Waals surface area contributed by atoms with Gasteiger partial charge in [-0.1, -0.05) is 12.1 Å². The Balaban J connectivity index is 1.49. The van der Waals surface area contributed by atoms with Gasteiger partial charge in [0.1, 0.15) is 6.33 Å². The van der Waals surface area contributed by atoms with Gasteiger partial charge < -0.3 is 10.2 Å². The molecule has 128 valence electrons. The number of aromatic nitrogens is 3. The predicted molar refractivity (Wildman–Crippen MR) is 96.8 cm³/mol.